The van der Waals surface area contributed by atoms with E-state index in [0.717, 1.165) is 18.0 Å². The van der Waals surface area contributed by atoms with Crippen LogP contribution in [0.1, 0.15) is 30.6 Å². The van der Waals surface area contributed by atoms with Crippen molar-refractivity contribution in [3.63, 3.8) is 0 Å². The number of methoxy groups -OCH3 is 1. The lowest BCUT2D eigenvalue weighted by molar-refractivity contribution is 0.116. The van der Waals surface area contributed by atoms with Gasteiger partial charge in [-0.2, -0.15) is 0 Å². The summed E-state index contributed by atoms with van der Waals surface area (Å²) in [6.45, 7) is 1.11. The molecule has 2 fully saturated rings. The largest absolute Gasteiger partial charge is 0.497 e. The smallest absolute Gasteiger partial charge is 0.170 e. The molecular formula is C20H25N3OS2. The number of benzene rings is 1. The number of thiophene rings is 1. The number of piperidine rings is 1. The average Bonchev–Trinajstić information content (AvgIpc) is 3.22. The Bertz CT molecular complexity index is 718. The number of nitrogens with one attached hydrogen (secondary N) is 2. The number of rotatable bonds is 5. The van der Waals surface area contributed by atoms with Crippen molar-refractivity contribution in [1.82, 2.24) is 10.2 Å². The van der Waals surface area contributed by atoms with E-state index in [2.05, 4.69) is 33.0 Å². The molecule has 2 bridgehead atoms. The Morgan fingerprint density at radius 1 is 1.19 bits per heavy atom. The third-order valence-corrected chi connectivity index (χ3v) is 6.57. The zero-order valence-electron chi connectivity index (χ0n) is 15.0. The lowest BCUT2D eigenvalue weighted by Gasteiger charge is -2.39. The van der Waals surface area contributed by atoms with Crippen LogP contribution >= 0.6 is 23.6 Å². The fourth-order valence-corrected chi connectivity index (χ4v) is 5.26. The van der Waals surface area contributed by atoms with Crippen LogP contribution in [0.5, 0.6) is 5.75 Å². The summed E-state index contributed by atoms with van der Waals surface area (Å²) in [4.78, 5) is 4.19. The predicted molar refractivity (Wildman–Crippen MR) is 112 cm³/mol. The lowest BCUT2D eigenvalue weighted by Crippen LogP contribution is -2.50. The van der Waals surface area contributed by atoms with Gasteiger partial charge in [-0.25, -0.2) is 0 Å². The van der Waals surface area contributed by atoms with Gasteiger partial charge in [-0.05, 0) is 73.6 Å². The summed E-state index contributed by atoms with van der Waals surface area (Å²) in [7, 11) is 1.67. The van der Waals surface area contributed by atoms with Gasteiger partial charge in [0.1, 0.15) is 5.75 Å². The first kappa shape index (κ1) is 17.8. The predicted octanol–water partition coefficient (Wildman–Crippen LogP) is 4.24. The summed E-state index contributed by atoms with van der Waals surface area (Å²) < 4.78 is 5.19. The number of ether oxygens (including phenoxy) is 1. The third kappa shape index (κ3) is 4.03. The second-order valence-electron chi connectivity index (χ2n) is 7.13. The van der Waals surface area contributed by atoms with Crippen LogP contribution in [-0.4, -0.2) is 35.2 Å². The van der Waals surface area contributed by atoms with E-state index in [-0.39, 0.29) is 0 Å². The number of nitrogens with zero attached hydrogens (tertiary/aromatic N) is 1. The Hall–Kier alpha value is -1.63. The maximum absolute atomic E-state index is 5.53. The van der Waals surface area contributed by atoms with E-state index >= 15 is 0 Å². The van der Waals surface area contributed by atoms with Crippen molar-refractivity contribution in [2.24, 2.45) is 0 Å². The van der Waals surface area contributed by atoms with Crippen LogP contribution in [0.4, 0.5) is 5.69 Å². The van der Waals surface area contributed by atoms with Crippen molar-refractivity contribution in [2.45, 2.75) is 50.4 Å². The molecule has 2 saturated heterocycles. The van der Waals surface area contributed by atoms with Gasteiger partial charge in [0, 0.05) is 35.2 Å². The number of anilines is 1. The Morgan fingerprint density at radius 3 is 2.54 bits per heavy atom. The molecular weight excluding hydrogens is 362 g/mol. The van der Waals surface area contributed by atoms with Gasteiger partial charge < -0.3 is 15.4 Å². The van der Waals surface area contributed by atoms with Gasteiger partial charge in [0.25, 0.3) is 0 Å². The molecule has 26 heavy (non-hydrogen) atoms. The van der Waals surface area contributed by atoms with Gasteiger partial charge in [0.2, 0.25) is 0 Å². The Kier molecular flexibility index (Phi) is 5.43. The molecule has 2 aromatic rings. The highest BCUT2D eigenvalue weighted by Crippen LogP contribution is 2.37. The zero-order chi connectivity index (χ0) is 17.9. The van der Waals surface area contributed by atoms with Crippen LogP contribution in [0.3, 0.4) is 0 Å². The van der Waals surface area contributed by atoms with Crippen molar-refractivity contribution in [2.75, 3.05) is 12.4 Å². The van der Waals surface area contributed by atoms with Crippen molar-refractivity contribution < 1.29 is 4.74 Å². The van der Waals surface area contributed by atoms with Crippen LogP contribution in [0.2, 0.25) is 0 Å². The summed E-state index contributed by atoms with van der Waals surface area (Å²) in [6, 6.07) is 14.1. The van der Waals surface area contributed by atoms with E-state index in [1.807, 2.05) is 35.6 Å². The second-order valence-corrected chi connectivity index (χ2v) is 8.57. The van der Waals surface area contributed by atoms with Crippen molar-refractivity contribution in [3.8, 4) is 5.75 Å². The lowest BCUT2D eigenvalue weighted by atomic mass is 9.97. The number of hydrogen-bond donors (Lipinski definition) is 2. The summed E-state index contributed by atoms with van der Waals surface area (Å²) in [5.41, 5.74) is 0.987. The Labute approximate surface area is 164 Å². The summed E-state index contributed by atoms with van der Waals surface area (Å²) >= 11 is 7.40. The molecule has 2 aliphatic heterocycles. The van der Waals surface area contributed by atoms with Crippen molar-refractivity contribution >= 4 is 34.4 Å². The highest BCUT2D eigenvalue weighted by Gasteiger charge is 2.40. The first-order chi connectivity index (χ1) is 12.7. The molecule has 4 nitrogen and oxygen atoms in total. The fraction of sp³-hybridized carbons (Fsp3) is 0.450. The highest BCUT2D eigenvalue weighted by atomic mass is 32.1. The maximum atomic E-state index is 5.53. The molecule has 1 aromatic heterocycles. The van der Waals surface area contributed by atoms with E-state index < -0.39 is 0 Å². The first-order valence-electron chi connectivity index (χ1n) is 9.21. The van der Waals surface area contributed by atoms with Gasteiger partial charge in [-0.3, -0.25) is 4.90 Å². The molecule has 2 atom stereocenters. The van der Waals surface area contributed by atoms with E-state index in [1.54, 1.807) is 7.11 Å². The molecule has 0 aliphatic carbocycles. The molecule has 0 spiro atoms. The summed E-state index contributed by atoms with van der Waals surface area (Å²) in [5, 5.41) is 9.72. The molecule has 2 aliphatic rings. The van der Waals surface area contributed by atoms with Crippen LogP contribution < -0.4 is 15.4 Å². The van der Waals surface area contributed by atoms with E-state index in [1.165, 1.54) is 30.6 Å². The molecule has 1 aromatic carbocycles. The van der Waals surface area contributed by atoms with Crippen molar-refractivity contribution in [1.29, 1.82) is 0 Å². The van der Waals surface area contributed by atoms with Gasteiger partial charge in [0.05, 0.1) is 7.11 Å². The fourth-order valence-electron chi connectivity index (χ4n) is 4.26. The second kappa shape index (κ2) is 7.94. The van der Waals surface area contributed by atoms with Crippen LogP contribution in [-0.2, 0) is 6.54 Å². The monoisotopic (exact) mass is 387 g/mol. The SMILES string of the molecule is COc1ccc(NC(=S)NC2C[C@H]3CC[C@H](C2)N3Cc2cccs2)cc1. The number of thiocarbonyl (C=S) groups is 1. The average molecular weight is 388 g/mol. The minimum Gasteiger partial charge on any atom is -0.497 e. The third-order valence-electron chi connectivity index (χ3n) is 5.49. The Morgan fingerprint density at radius 2 is 1.92 bits per heavy atom. The zero-order valence-corrected chi connectivity index (χ0v) is 16.6. The minimum atomic E-state index is 0.463. The molecule has 0 amide bonds. The first-order valence-corrected chi connectivity index (χ1v) is 10.5. The van der Waals surface area contributed by atoms with Gasteiger partial charge >= 0.3 is 0 Å². The molecule has 6 heteroatoms. The van der Waals surface area contributed by atoms with E-state index in [4.69, 9.17) is 17.0 Å². The quantitative estimate of drug-likeness (QED) is 0.751. The molecule has 4 rings (SSSR count). The molecule has 0 radical (unpaired) electrons. The summed E-state index contributed by atoms with van der Waals surface area (Å²) in [6.07, 6.45) is 4.97. The Balaban J connectivity index is 1.30. The molecule has 3 heterocycles. The van der Waals surface area contributed by atoms with Gasteiger partial charge in [-0.15, -0.1) is 11.3 Å². The van der Waals surface area contributed by atoms with Crippen molar-refractivity contribution in [3.05, 3.63) is 46.7 Å². The highest BCUT2D eigenvalue weighted by molar-refractivity contribution is 7.80. The molecule has 0 unspecified atom stereocenters. The number of hydrogen-bond acceptors (Lipinski definition) is 4. The molecule has 2 N–H and O–H groups in total. The standard InChI is InChI=1S/C20H25N3OS2/c1-24-18-8-4-14(5-9-18)21-20(25)22-15-11-16-6-7-17(12-15)23(16)13-19-3-2-10-26-19/h2-5,8-10,15-17H,6-7,11-13H2,1H3,(H2,21,22,25)/t16-,17-/m1/s1. The van der Waals surface area contributed by atoms with E-state index in [0.29, 0.717) is 23.2 Å². The summed E-state index contributed by atoms with van der Waals surface area (Å²) in [5.74, 6) is 0.851. The maximum Gasteiger partial charge on any atom is 0.170 e. The number of fused-ring (bicyclic) bond motifs is 2. The molecule has 138 valence electrons. The van der Waals surface area contributed by atoms with Gasteiger partial charge in [0.15, 0.2) is 5.11 Å². The topological polar surface area (TPSA) is 36.5 Å². The van der Waals surface area contributed by atoms with Crippen LogP contribution in [0, 0.1) is 0 Å². The van der Waals surface area contributed by atoms with Crippen LogP contribution in [0.15, 0.2) is 41.8 Å². The van der Waals surface area contributed by atoms with Gasteiger partial charge in [-0.1, -0.05) is 6.07 Å². The van der Waals surface area contributed by atoms with Crippen LogP contribution in [0.25, 0.3) is 0 Å². The normalized spacial score (nSPS) is 25.0. The minimum absolute atomic E-state index is 0.463. The molecule has 0 saturated carbocycles. The van der Waals surface area contributed by atoms with E-state index in [9.17, 15) is 0 Å².